The molecule has 2 heterocycles. The normalized spacial score (nSPS) is 15.1. The Morgan fingerprint density at radius 2 is 1.64 bits per heavy atom. The third-order valence-corrected chi connectivity index (χ3v) is 7.62. The molecule has 7 heteroatoms. The minimum absolute atomic E-state index is 0.466. The maximum Gasteiger partial charge on any atom is 0.211 e. The fourth-order valence-electron chi connectivity index (χ4n) is 4.38. The van der Waals surface area contributed by atoms with Crippen LogP contribution in [0.1, 0.15) is 34.9 Å². The number of sulfonamides is 1. The molecule has 6 nitrogen and oxygen atoms in total. The Morgan fingerprint density at radius 1 is 0.939 bits per heavy atom. The number of hydrogen-bond acceptors (Lipinski definition) is 5. The van der Waals surface area contributed by atoms with Gasteiger partial charge in [-0.1, -0.05) is 61.0 Å². The zero-order chi connectivity index (χ0) is 23.6. The molecule has 4 rings (SSSR count). The molecule has 0 aliphatic carbocycles. The highest BCUT2D eigenvalue weighted by Crippen LogP contribution is 2.30. The monoisotopic (exact) mass is 464 g/mol. The molecule has 0 radical (unpaired) electrons. The van der Waals surface area contributed by atoms with Gasteiger partial charge in [-0.05, 0) is 31.4 Å². The molecule has 1 fully saturated rings. The third-order valence-electron chi connectivity index (χ3n) is 6.32. The SMILES string of the molecule is CCc1nc(-c2ccccc2)nc(N2CCN(S(C)(=O)=O)CC2)c1Cc1cc(C)ccc1C. The molecular formula is C26H32N4O2S. The molecule has 0 bridgehead atoms. The zero-order valence-corrected chi connectivity index (χ0v) is 20.7. The minimum atomic E-state index is -3.19. The van der Waals surface area contributed by atoms with E-state index in [1.807, 2.05) is 30.3 Å². The largest absolute Gasteiger partial charge is 0.354 e. The Balaban J connectivity index is 1.79. The topological polar surface area (TPSA) is 66.4 Å². The van der Waals surface area contributed by atoms with Gasteiger partial charge in [-0.15, -0.1) is 0 Å². The summed E-state index contributed by atoms with van der Waals surface area (Å²) >= 11 is 0. The predicted octanol–water partition coefficient (Wildman–Crippen LogP) is 4.00. The average Bonchev–Trinajstić information content (AvgIpc) is 2.81. The van der Waals surface area contributed by atoms with Gasteiger partial charge in [0.1, 0.15) is 5.82 Å². The average molecular weight is 465 g/mol. The molecule has 3 aromatic rings. The van der Waals surface area contributed by atoms with Crippen LogP contribution in [0.5, 0.6) is 0 Å². The lowest BCUT2D eigenvalue weighted by Crippen LogP contribution is -2.49. The van der Waals surface area contributed by atoms with Gasteiger partial charge in [0.2, 0.25) is 10.0 Å². The zero-order valence-electron chi connectivity index (χ0n) is 19.9. The van der Waals surface area contributed by atoms with E-state index in [4.69, 9.17) is 9.97 Å². The van der Waals surface area contributed by atoms with Crippen molar-refractivity contribution in [2.75, 3.05) is 37.3 Å². The number of aromatic nitrogens is 2. The van der Waals surface area contributed by atoms with Gasteiger partial charge in [0.15, 0.2) is 5.82 Å². The van der Waals surface area contributed by atoms with Gasteiger partial charge in [-0.25, -0.2) is 18.4 Å². The van der Waals surface area contributed by atoms with Gasteiger partial charge in [-0.2, -0.15) is 4.31 Å². The lowest BCUT2D eigenvalue weighted by molar-refractivity contribution is 0.386. The highest BCUT2D eigenvalue weighted by atomic mass is 32.2. The summed E-state index contributed by atoms with van der Waals surface area (Å²) in [6.07, 6.45) is 2.84. The molecule has 0 N–H and O–H groups in total. The van der Waals surface area contributed by atoms with E-state index in [1.165, 1.54) is 22.9 Å². The quantitative estimate of drug-likeness (QED) is 0.552. The third kappa shape index (κ3) is 5.25. The van der Waals surface area contributed by atoms with Gasteiger partial charge in [-0.3, -0.25) is 0 Å². The van der Waals surface area contributed by atoms with Crippen LogP contribution in [0.15, 0.2) is 48.5 Å². The van der Waals surface area contributed by atoms with Crippen molar-refractivity contribution in [2.24, 2.45) is 0 Å². The van der Waals surface area contributed by atoms with Crippen molar-refractivity contribution in [3.63, 3.8) is 0 Å². The number of hydrogen-bond donors (Lipinski definition) is 0. The molecule has 2 aromatic carbocycles. The van der Waals surface area contributed by atoms with Crippen LogP contribution in [-0.4, -0.2) is 55.1 Å². The van der Waals surface area contributed by atoms with Crippen molar-refractivity contribution in [3.8, 4) is 11.4 Å². The lowest BCUT2D eigenvalue weighted by atomic mass is 9.96. The molecule has 33 heavy (non-hydrogen) atoms. The second-order valence-corrected chi connectivity index (χ2v) is 10.8. The highest BCUT2D eigenvalue weighted by Gasteiger charge is 2.27. The number of piperazine rings is 1. The van der Waals surface area contributed by atoms with Crippen LogP contribution >= 0.6 is 0 Å². The van der Waals surface area contributed by atoms with E-state index in [9.17, 15) is 8.42 Å². The summed E-state index contributed by atoms with van der Waals surface area (Å²) in [4.78, 5) is 12.3. The fourth-order valence-corrected chi connectivity index (χ4v) is 5.21. The summed E-state index contributed by atoms with van der Waals surface area (Å²) in [6, 6.07) is 16.6. The number of nitrogens with zero attached hydrogens (tertiary/aromatic N) is 4. The van der Waals surface area contributed by atoms with Crippen LogP contribution in [0.2, 0.25) is 0 Å². The van der Waals surface area contributed by atoms with Gasteiger partial charge < -0.3 is 4.90 Å². The van der Waals surface area contributed by atoms with Crippen LogP contribution in [0.4, 0.5) is 5.82 Å². The Morgan fingerprint density at radius 3 is 2.27 bits per heavy atom. The van der Waals surface area contributed by atoms with Crippen LogP contribution in [-0.2, 0) is 22.9 Å². The lowest BCUT2D eigenvalue weighted by Gasteiger charge is -2.35. The first-order chi connectivity index (χ1) is 15.8. The van der Waals surface area contributed by atoms with Gasteiger partial charge in [0.05, 0.1) is 6.26 Å². The van der Waals surface area contributed by atoms with Crippen LogP contribution in [0, 0.1) is 13.8 Å². The van der Waals surface area contributed by atoms with Crippen molar-refractivity contribution in [1.29, 1.82) is 0 Å². The first-order valence-corrected chi connectivity index (χ1v) is 13.3. The Bertz CT molecular complexity index is 1230. The molecule has 1 aromatic heterocycles. The highest BCUT2D eigenvalue weighted by molar-refractivity contribution is 7.88. The summed E-state index contributed by atoms with van der Waals surface area (Å²) in [5, 5.41) is 0. The smallest absolute Gasteiger partial charge is 0.211 e. The fraction of sp³-hybridized carbons (Fsp3) is 0.385. The number of anilines is 1. The van der Waals surface area contributed by atoms with E-state index >= 15 is 0 Å². The number of rotatable bonds is 6. The maximum absolute atomic E-state index is 12.0. The minimum Gasteiger partial charge on any atom is -0.354 e. The molecule has 0 unspecified atom stereocenters. The van der Waals surface area contributed by atoms with Gasteiger partial charge in [0.25, 0.3) is 0 Å². The van der Waals surface area contributed by atoms with E-state index < -0.39 is 10.0 Å². The molecule has 1 saturated heterocycles. The number of aryl methyl sites for hydroxylation is 3. The molecule has 174 valence electrons. The summed E-state index contributed by atoms with van der Waals surface area (Å²) in [6.45, 7) is 8.55. The summed E-state index contributed by atoms with van der Waals surface area (Å²) in [5.74, 6) is 1.65. The first kappa shape index (κ1) is 23.4. The Hall–Kier alpha value is -2.77. The molecule has 0 amide bonds. The van der Waals surface area contributed by atoms with Crippen molar-refractivity contribution in [3.05, 3.63) is 76.5 Å². The molecule has 0 atom stereocenters. The van der Waals surface area contributed by atoms with E-state index in [1.54, 1.807) is 4.31 Å². The van der Waals surface area contributed by atoms with E-state index in [0.29, 0.717) is 26.2 Å². The van der Waals surface area contributed by atoms with Crippen molar-refractivity contribution >= 4 is 15.8 Å². The standard InChI is InChI=1S/C26H32N4O2S/c1-5-24-23(18-22-17-19(2)11-12-20(22)3)26(28-25(27-24)21-9-7-6-8-10-21)29-13-15-30(16-14-29)33(4,31)32/h6-12,17H,5,13-16,18H2,1-4H3. The van der Waals surface area contributed by atoms with E-state index in [0.717, 1.165) is 41.3 Å². The second kappa shape index (κ2) is 9.61. The first-order valence-electron chi connectivity index (χ1n) is 11.5. The van der Waals surface area contributed by atoms with Crippen LogP contribution in [0.25, 0.3) is 11.4 Å². The van der Waals surface area contributed by atoms with Gasteiger partial charge in [0, 0.05) is 49.4 Å². The Kier molecular flexibility index (Phi) is 6.81. The van der Waals surface area contributed by atoms with E-state index in [-0.39, 0.29) is 0 Å². The molecule has 1 aliphatic rings. The predicted molar refractivity (Wildman–Crippen MR) is 134 cm³/mol. The maximum atomic E-state index is 12.0. The molecular weight excluding hydrogens is 432 g/mol. The molecule has 0 saturated carbocycles. The summed E-state index contributed by atoms with van der Waals surface area (Å²) in [7, 11) is -3.19. The van der Waals surface area contributed by atoms with Crippen molar-refractivity contribution < 1.29 is 8.42 Å². The summed E-state index contributed by atoms with van der Waals surface area (Å²) in [5.41, 5.74) is 6.93. The van der Waals surface area contributed by atoms with Crippen molar-refractivity contribution in [1.82, 2.24) is 14.3 Å². The molecule has 0 spiro atoms. The Labute approximate surface area is 197 Å². The van der Waals surface area contributed by atoms with Gasteiger partial charge >= 0.3 is 0 Å². The summed E-state index contributed by atoms with van der Waals surface area (Å²) < 4.78 is 25.6. The second-order valence-electron chi connectivity index (χ2n) is 8.77. The van der Waals surface area contributed by atoms with E-state index in [2.05, 4.69) is 43.9 Å². The number of benzene rings is 2. The van der Waals surface area contributed by atoms with Crippen LogP contribution in [0.3, 0.4) is 0 Å². The molecule has 1 aliphatic heterocycles. The van der Waals surface area contributed by atoms with Crippen molar-refractivity contribution in [2.45, 2.75) is 33.6 Å². The van der Waals surface area contributed by atoms with Crippen LogP contribution < -0.4 is 4.90 Å².